The molecule has 132 valence electrons. The summed E-state index contributed by atoms with van der Waals surface area (Å²) in [6, 6.07) is 5.92. The number of fused-ring (bicyclic) bond motifs is 1. The van der Waals surface area contributed by atoms with Crippen molar-refractivity contribution >= 4 is 35.6 Å². The third-order valence-corrected chi connectivity index (χ3v) is 4.79. The topological polar surface area (TPSA) is 69.9 Å². The van der Waals surface area contributed by atoms with Gasteiger partial charge in [-0.25, -0.2) is 0 Å². The number of rotatable bonds is 2. The van der Waals surface area contributed by atoms with Crippen LogP contribution < -0.4 is 10.6 Å². The van der Waals surface area contributed by atoms with Gasteiger partial charge in [0.25, 0.3) is 0 Å². The third kappa shape index (κ3) is 3.75. The standard InChI is InChI=1S/C17H24N4O2.ClH/c1-13(22)19-8-10-20(11-9-19)17(23)12-21-7-3-4-14-15(18)5-2-6-16(14)21;/h2,5-6H,3-4,7-12,18H2,1H3;1H. The summed E-state index contributed by atoms with van der Waals surface area (Å²) in [4.78, 5) is 29.7. The van der Waals surface area contributed by atoms with Gasteiger partial charge in [0.1, 0.15) is 0 Å². The summed E-state index contributed by atoms with van der Waals surface area (Å²) in [7, 11) is 0. The van der Waals surface area contributed by atoms with Gasteiger partial charge in [0.15, 0.2) is 0 Å². The Morgan fingerprint density at radius 1 is 1.08 bits per heavy atom. The van der Waals surface area contributed by atoms with Crippen LogP contribution in [0.1, 0.15) is 18.9 Å². The van der Waals surface area contributed by atoms with Crippen LogP contribution in [0, 0.1) is 0 Å². The predicted octanol–water partition coefficient (Wildman–Crippen LogP) is 1.13. The first-order valence-corrected chi connectivity index (χ1v) is 8.22. The van der Waals surface area contributed by atoms with Gasteiger partial charge in [-0.2, -0.15) is 0 Å². The van der Waals surface area contributed by atoms with E-state index in [0.717, 1.165) is 36.3 Å². The number of hydrogen-bond donors (Lipinski definition) is 1. The van der Waals surface area contributed by atoms with Crippen molar-refractivity contribution in [1.82, 2.24) is 9.80 Å². The molecule has 2 aliphatic rings. The average molecular weight is 353 g/mol. The van der Waals surface area contributed by atoms with E-state index in [1.54, 1.807) is 11.8 Å². The fraction of sp³-hybridized carbons (Fsp3) is 0.529. The third-order valence-electron chi connectivity index (χ3n) is 4.79. The molecular formula is C17H25ClN4O2. The van der Waals surface area contributed by atoms with Crippen LogP contribution in [-0.2, 0) is 16.0 Å². The first-order valence-electron chi connectivity index (χ1n) is 8.22. The molecule has 0 aliphatic carbocycles. The number of nitrogens with two attached hydrogens (primary N) is 1. The summed E-state index contributed by atoms with van der Waals surface area (Å²) in [6.45, 7) is 5.35. The minimum atomic E-state index is 0. The van der Waals surface area contributed by atoms with Gasteiger partial charge in [-0.3, -0.25) is 9.59 Å². The van der Waals surface area contributed by atoms with Gasteiger partial charge in [-0.1, -0.05) is 6.07 Å². The van der Waals surface area contributed by atoms with Gasteiger partial charge < -0.3 is 20.4 Å². The Balaban J connectivity index is 0.00000208. The fourth-order valence-corrected chi connectivity index (χ4v) is 3.43. The Hall–Kier alpha value is -1.95. The molecule has 6 nitrogen and oxygen atoms in total. The Morgan fingerprint density at radius 3 is 2.42 bits per heavy atom. The molecule has 0 atom stereocenters. The van der Waals surface area contributed by atoms with Crippen molar-refractivity contribution in [2.75, 3.05) is 49.9 Å². The number of piperazine rings is 1. The maximum atomic E-state index is 12.6. The second-order valence-electron chi connectivity index (χ2n) is 6.26. The second-order valence-corrected chi connectivity index (χ2v) is 6.26. The van der Waals surface area contributed by atoms with Crippen molar-refractivity contribution in [3.8, 4) is 0 Å². The van der Waals surface area contributed by atoms with E-state index in [-0.39, 0.29) is 24.2 Å². The zero-order chi connectivity index (χ0) is 16.4. The van der Waals surface area contributed by atoms with Crippen molar-refractivity contribution in [1.29, 1.82) is 0 Å². The van der Waals surface area contributed by atoms with E-state index in [1.807, 2.05) is 23.1 Å². The molecule has 7 heteroatoms. The Bertz CT molecular complexity index is 615. The number of benzene rings is 1. The fourth-order valence-electron chi connectivity index (χ4n) is 3.43. The molecule has 1 aromatic carbocycles. The highest BCUT2D eigenvalue weighted by Crippen LogP contribution is 2.31. The van der Waals surface area contributed by atoms with Crippen LogP contribution in [0.3, 0.4) is 0 Å². The van der Waals surface area contributed by atoms with Crippen molar-refractivity contribution in [2.45, 2.75) is 19.8 Å². The van der Waals surface area contributed by atoms with Crippen LogP contribution in [0.2, 0.25) is 0 Å². The Morgan fingerprint density at radius 2 is 1.75 bits per heavy atom. The minimum Gasteiger partial charge on any atom is -0.398 e. The molecule has 0 aromatic heterocycles. The molecule has 1 aromatic rings. The van der Waals surface area contributed by atoms with Gasteiger partial charge in [-0.15, -0.1) is 12.4 Å². The van der Waals surface area contributed by atoms with Crippen molar-refractivity contribution < 1.29 is 9.59 Å². The number of halogens is 1. The van der Waals surface area contributed by atoms with E-state index in [4.69, 9.17) is 5.73 Å². The SMILES string of the molecule is CC(=O)N1CCN(C(=O)CN2CCCc3c(N)cccc32)CC1.Cl. The summed E-state index contributed by atoms with van der Waals surface area (Å²) in [5.74, 6) is 0.209. The Kier molecular flexibility index (Phi) is 5.94. The molecular weight excluding hydrogens is 328 g/mol. The number of nitrogen functional groups attached to an aromatic ring is 1. The van der Waals surface area contributed by atoms with E-state index in [0.29, 0.717) is 32.7 Å². The first-order chi connectivity index (χ1) is 11.1. The number of amides is 2. The lowest BCUT2D eigenvalue weighted by Gasteiger charge is -2.37. The largest absolute Gasteiger partial charge is 0.398 e. The van der Waals surface area contributed by atoms with E-state index in [2.05, 4.69) is 4.90 Å². The number of carbonyl (C=O) groups is 2. The predicted molar refractivity (Wildman–Crippen MR) is 97.5 cm³/mol. The smallest absolute Gasteiger partial charge is 0.242 e. The van der Waals surface area contributed by atoms with Crippen LogP contribution in [0.25, 0.3) is 0 Å². The maximum Gasteiger partial charge on any atom is 0.242 e. The molecule has 0 bridgehead atoms. The summed E-state index contributed by atoms with van der Waals surface area (Å²) in [5.41, 5.74) is 9.13. The van der Waals surface area contributed by atoms with Crippen LogP contribution in [0.15, 0.2) is 18.2 Å². The van der Waals surface area contributed by atoms with Gasteiger partial charge in [0.05, 0.1) is 6.54 Å². The molecule has 1 saturated heterocycles. The summed E-state index contributed by atoms with van der Waals surface area (Å²) in [5, 5.41) is 0. The second kappa shape index (κ2) is 7.75. The van der Waals surface area contributed by atoms with Crippen LogP contribution in [0.4, 0.5) is 11.4 Å². The van der Waals surface area contributed by atoms with E-state index < -0.39 is 0 Å². The lowest BCUT2D eigenvalue weighted by molar-refractivity contribution is -0.137. The molecule has 0 radical (unpaired) electrons. The van der Waals surface area contributed by atoms with Crippen molar-refractivity contribution in [3.63, 3.8) is 0 Å². The molecule has 0 unspecified atom stereocenters. The molecule has 0 spiro atoms. The molecule has 2 N–H and O–H groups in total. The molecule has 2 aliphatic heterocycles. The van der Waals surface area contributed by atoms with Crippen LogP contribution in [0.5, 0.6) is 0 Å². The quantitative estimate of drug-likeness (QED) is 0.810. The Labute approximate surface area is 149 Å². The highest BCUT2D eigenvalue weighted by atomic mass is 35.5. The minimum absolute atomic E-state index is 0. The zero-order valence-electron chi connectivity index (χ0n) is 14.0. The number of hydrogen-bond acceptors (Lipinski definition) is 4. The highest BCUT2D eigenvalue weighted by molar-refractivity contribution is 5.85. The van der Waals surface area contributed by atoms with Crippen LogP contribution in [-0.4, -0.2) is 60.9 Å². The zero-order valence-corrected chi connectivity index (χ0v) is 14.8. The lowest BCUT2D eigenvalue weighted by Crippen LogP contribution is -2.52. The average Bonchev–Trinajstić information content (AvgIpc) is 2.56. The van der Waals surface area contributed by atoms with Crippen molar-refractivity contribution in [3.05, 3.63) is 23.8 Å². The molecule has 0 saturated carbocycles. The van der Waals surface area contributed by atoms with Gasteiger partial charge in [-0.05, 0) is 30.5 Å². The van der Waals surface area contributed by atoms with Gasteiger partial charge in [0, 0.05) is 51.0 Å². The molecule has 3 rings (SSSR count). The summed E-state index contributed by atoms with van der Waals surface area (Å²) < 4.78 is 0. The lowest BCUT2D eigenvalue weighted by atomic mass is 10.00. The van der Waals surface area contributed by atoms with Gasteiger partial charge in [0.2, 0.25) is 11.8 Å². The molecule has 2 heterocycles. The molecule has 1 fully saturated rings. The highest BCUT2D eigenvalue weighted by Gasteiger charge is 2.26. The normalized spacial score (nSPS) is 17.1. The molecule has 2 amide bonds. The monoisotopic (exact) mass is 352 g/mol. The van der Waals surface area contributed by atoms with Gasteiger partial charge >= 0.3 is 0 Å². The molecule has 24 heavy (non-hydrogen) atoms. The summed E-state index contributed by atoms with van der Waals surface area (Å²) >= 11 is 0. The number of nitrogens with zero attached hydrogens (tertiary/aromatic N) is 3. The first kappa shape index (κ1) is 18.4. The van der Waals surface area contributed by atoms with Crippen LogP contribution >= 0.6 is 12.4 Å². The maximum absolute atomic E-state index is 12.6. The van der Waals surface area contributed by atoms with Crippen molar-refractivity contribution in [2.24, 2.45) is 0 Å². The van der Waals surface area contributed by atoms with E-state index in [9.17, 15) is 9.59 Å². The van der Waals surface area contributed by atoms with E-state index >= 15 is 0 Å². The number of anilines is 2. The summed E-state index contributed by atoms with van der Waals surface area (Å²) in [6.07, 6.45) is 2.00. The number of carbonyl (C=O) groups excluding carboxylic acids is 2. The van der Waals surface area contributed by atoms with E-state index in [1.165, 1.54) is 0 Å².